The van der Waals surface area contributed by atoms with Crippen molar-refractivity contribution < 1.29 is 14.3 Å². The molecular formula is C7H12O3. The number of ketones is 1. The summed E-state index contributed by atoms with van der Waals surface area (Å²) in [6.45, 7) is 4.05. The highest BCUT2D eigenvalue weighted by Crippen LogP contribution is 2.11. The van der Waals surface area contributed by atoms with Crippen LogP contribution in [0.1, 0.15) is 20.3 Å². The Balaban J connectivity index is 2.39. The molecule has 58 valence electrons. The van der Waals surface area contributed by atoms with Gasteiger partial charge in [0.1, 0.15) is 0 Å². The van der Waals surface area contributed by atoms with Gasteiger partial charge in [0.25, 0.3) is 0 Å². The van der Waals surface area contributed by atoms with Crippen LogP contribution >= 0.6 is 0 Å². The van der Waals surface area contributed by atoms with Gasteiger partial charge in [-0.15, -0.1) is 0 Å². The second kappa shape index (κ2) is 3.12. The molecule has 10 heavy (non-hydrogen) atoms. The van der Waals surface area contributed by atoms with Gasteiger partial charge >= 0.3 is 0 Å². The van der Waals surface area contributed by atoms with Gasteiger partial charge in [-0.3, -0.25) is 4.79 Å². The molecule has 1 rings (SSSR count). The number of Topliss-reactive ketones (excluding diaryl/α,β-unsaturated/α-hetero) is 1. The van der Waals surface area contributed by atoms with Crippen LogP contribution in [0.25, 0.3) is 0 Å². The minimum Gasteiger partial charge on any atom is -0.346 e. The molecule has 0 radical (unpaired) electrons. The maximum absolute atomic E-state index is 10.7. The van der Waals surface area contributed by atoms with E-state index in [4.69, 9.17) is 9.47 Å². The highest BCUT2D eigenvalue weighted by atomic mass is 16.7. The van der Waals surface area contributed by atoms with Crippen LogP contribution in [0.2, 0.25) is 0 Å². The number of hydrogen-bond donors (Lipinski definition) is 0. The quantitative estimate of drug-likeness (QED) is 0.544. The van der Waals surface area contributed by atoms with Crippen molar-refractivity contribution in [1.82, 2.24) is 0 Å². The number of hydrogen-bond acceptors (Lipinski definition) is 3. The Labute approximate surface area is 60.3 Å². The first-order valence-electron chi connectivity index (χ1n) is 3.47. The first kappa shape index (κ1) is 7.69. The molecule has 0 aromatic heterocycles. The van der Waals surface area contributed by atoms with E-state index in [0.717, 1.165) is 6.42 Å². The summed E-state index contributed by atoms with van der Waals surface area (Å²) in [7, 11) is 0. The van der Waals surface area contributed by atoms with Gasteiger partial charge in [0.15, 0.2) is 5.78 Å². The van der Waals surface area contributed by atoms with E-state index in [1.54, 1.807) is 0 Å². The van der Waals surface area contributed by atoms with Crippen molar-refractivity contribution in [2.24, 2.45) is 0 Å². The van der Waals surface area contributed by atoms with E-state index in [0.29, 0.717) is 6.61 Å². The maximum Gasteiger partial charge on any atom is 0.217 e. The fourth-order valence-electron chi connectivity index (χ4n) is 0.873. The van der Waals surface area contributed by atoms with Gasteiger partial charge in [0.05, 0.1) is 12.7 Å². The predicted molar refractivity (Wildman–Crippen MR) is 35.6 cm³/mol. The third-order valence-electron chi connectivity index (χ3n) is 1.48. The SMILES string of the molecule is CC(=O)C1OCCC(C)O1. The molecule has 2 atom stereocenters. The molecule has 0 amide bonds. The Bertz CT molecular complexity index is 133. The molecule has 0 saturated carbocycles. The summed E-state index contributed by atoms with van der Waals surface area (Å²) in [6, 6.07) is 0. The third kappa shape index (κ3) is 1.78. The molecule has 0 aromatic rings. The molecule has 2 unspecified atom stereocenters. The molecule has 1 heterocycles. The average Bonchev–Trinajstić information content (AvgIpc) is 1.88. The van der Waals surface area contributed by atoms with Crippen molar-refractivity contribution in [1.29, 1.82) is 0 Å². The Hall–Kier alpha value is -0.410. The Kier molecular flexibility index (Phi) is 2.40. The molecule has 0 aromatic carbocycles. The van der Waals surface area contributed by atoms with Gasteiger partial charge in [0, 0.05) is 0 Å². The van der Waals surface area contributed by atoms with E-state index in [9.17, 15) is 4.79 Å². The Morgan fingerprint density at radius 1 is 1.60 bits per heavy atom. The molecule has 1 saturated heterocycles. The zero-order valence-corrected chi connectivity index (χ0v) is 6.29. The van der Waals surface area contributed by atoms with Gasteiger partial charge < -0.3 is 9.47 Å². The van der Waals surface area contributed by atoms with Crippen molar-refractivity contribution in [2.45, 2.75) is 32.7 Å². The number of carbonyl (C=O) groups excluding carboxylic acids is 1. The van der Waals surface area contributed by atoms with Crippen molar-refractivity contribution in [3.05, 3.63) is 0 Å². The molecule has 3 nitrogen and oxygen atoms in total. The predicted octanol–water partition coefficient (Wildman–Crippen LogP) is 0.727. The van der Waals surface area contributed by atoms with Crippen LogP contribution in [0.15, 0.2) is 0 Å². The lowest BCUT2D eigenvalue weighted by Crippen LogP contribution is -2.35. The van der Waals surface area contributed by atoms with Gasteiger partial charge in [-0.2, -0.15) is 0 Å². The molecule has 0 bridgehead atoms. The van der Waals surface area contributed by atoms with Crippen LogP contribution in [-0.2, 0) is 14.3 Å². The van der Waals surface area contributed by atoms with Crippen molar-refractivity contribution >= 4 is 5.78 Å². The van der Waals surface area contributed by atoms with Crippen LogP contribution < -0.4 is 0 Å². The van der Waals surface area contributed by atoms with Gasteiger partial charge in [-0.05, 0) is 20.3 Å². The minimum atomic E-state index is -0.608. The molecule has 0 aliphatic carbocycles. The fraction of sp³-hybridized carbons (Fsp3) is 0.857. The maximum atomic E-state index is 10.7. The van der Waals surface area contributed by atoms with E-state index < -0.39 is 6.29 Å². The van der Waals surface area contributed by atoms with Gasteiger partial charge in [-0.1, -0.05) is 0 Å². The fourth-order valence-corrected chi connectivity index (χ4v) is 0.873. The number of ether oxygens (including phenoxy) is 2. The molecule has 3 heteroatoms. The molecule has 1 aliphatic rings. The van der Waals surface area contributed by atoms with Gasteiger partial charge in [-0.25, -0.2) is 0 Å². The largest absolute Gasteiger partial charge is 0.346 e. The van der Waals surface area contributed by atoms with Crippen LogP contribution in [0.4, 0.5) is 0 Å². The lowest BCUT2D eigenvalue weighted by atomic mass is 10.2. The van der Waals surface area contributed by atoms with Crippen LogP contribution in [0, 0.1) is 0 Å². The van der Waals surface area contributed by atoms with E-state index >= 15 is 0 Å². The number of carbonyl (C=O) groups is 1. The van der Waals surface area contributed by atoms with E-state index in [1.165, 1.54) is 6.92 Å². The van der Waals surface area contributed by atoms with Crippen LogP contribution in [0.5, 0.6) is 0 Å². The van der Waals surface area contributed by atoms with Gasteiger partial charge in [0.2, 0.25) is 6.29 Å². The molecule has 1 fully saturated rings. The van der Waals surface area contributed by atoms with Crippen LogP contribution in [-0.4, -0.2) is 24.8 Å². The Morgan fingerprint density at radius 2 is 2.30 bits per heavy atom. The van der Waals surface area contributed by atoms with E-state index in [-0.39, 0.29) is 11.9 Å². The van der Waals surface area contributed by atoms with E-state index in [1.807, 2.05) is 6.92 Å². The standard InChI is InChI=1S/C7H12O3/c1-5-3-4-9-7(10-5)6(2)8/h5,7H,3-4H2,1-2H3. The summed E-state index contributed by atoms with van der Waals surface area (Å²) in [6.07, 6.45) is 0.426. The topological polar surface area (TPSA) is 35.5 Å². The van der Waals surface area contributed by atoms with E-state index in [2.05, 4.69) is 0 Å². The first-order valence-corrected chi connectivity index (χ1v) is 3.47. The lowest BCUT2D eigenvalue weighted by Gasteiger charge is -2.25. The molecule has 1 aliphatic heterocycles. The Morgan fingerprint density at radius 3 is 2.70 bits per heavy atom. The zero-order chi connectivity index (χ0) is 7.56. The summed E-state index contributed by atoms with van der Waals surface area (Å²) >= 11 is 0. The second-order valence-electron chi connectivity index (χ2n) is 2.55. The molecule has 0 spiro atoms. The summed E-state index contributed by atoms with van der Waals surface area (Å²) in [5.74, 6) is -0.0495. The minimum absolute atomic E-state index is 0.0495. The van der Waals surface area contributed by atoms with Crippen molar-refractivity contribution in [3.8, 4) is 0 Å². The highest BCUT2D eigenvalue weighted by Gasteiger charge is 2.22. The lowest BCUT2D eigenvalue weighted by molar-refractivity contribution is -0.205. The summed E-state index contributed by atoms with van der Waals surface area (Å²) in [5.41, 5.74) is 0. The average molecular weight is 144 g/mol. The highest BCUT2D eigenvalue weighted by molar-refractivity contribution is 5.79. The zero-order valence-electron chi connectivity index (χ0n) is 6.29. The van der Waals surface area contributed by atoms with Crippen molar-refractivity contribution in [3.63, 3.8) is 0 Å². The molecule has 0 N–H and O–H groups in total. The second-order valence-corrected chi connectivity index (χ2v) is 2.55. The first-order chi connectivity index (χ1) is 4.70. The molecular weight excluding hydrogens is 132 g/mol. The monoisotopic (exact) mass is 144 g/mol. The smallest absolute Gasteiger partial charge is 0.217 e. The summed E-state index contributed by atoms with van der Waals surface area (Å²) in [4.78, 5) is 10.7. The van der Waals surface area contributed by atoms with Crippen molar-refractivity contribution in [2.75, 3.05) is 6.61 Å². The third-order valence-corrected chi connectivity index (χ3v) is 1.48. The summed E-state index contributed by atoms with van der Waals surface area (Å²) in [5, 5.41) is 0. The van der Waals surface area contributed by atoms with Crippen LogP contribution in [0.3, 0.4) is 0 Å². The summed E-state index contributed by atoms with van der Waals surface area (Å²) < 4.78 is 10.2. The normalized spacial score (nSPS) is 33.8. The number of rotatable bonds is 1.